The molecule has 1 aromatic carbocycles. The van der Waals surface area contributed by atoms with E-state index >= 15 is 0 Å². The monoisotopic (exact) mass is 196 g/mol. The van der Waals surface area contributed by atoms with E-state index < -0.39 is 0 Å². The van der Waals surface area contributed by atoms with Crippen LogP contribution in [0, 0.1) is 5.82 Å². The highest BCUT2D eigenvalue weighted by Crippen LogP contribution is 2.33. The summed E-state index contributed by atoms with van der Waals surface area (Å²) in [7, 11) is 0. The second kappa shape index (κ2) is 3.00. The maximum Gasteiger partial charge on any atom is 0.172 e. The summed E-state index contributed by atoms with van der Waals surface area (Å²) in [5.74, 6) is -0.187. The van der Waals surface area contributed by atoms with E-state index in [0.717, 1.165) is 10.1 Å². The van der Waals surface area contributed by atoms with Crippen LogP contribution >= 0.6 is 11.3 Å². The molecule has 2 rings (SSSR count). The van der Waals surface area contributed by atoms with Gasteiger partial charge < -0.3 is 5.11 Å². The Bertz CT molecular complexity index is 447. The van der Waals surface area contributed by atoms with Crippen molar-refractivity contribution in [2.45, 2.75) is 13.3 Å². The summed E-state index contributed by atoms with van der Waals surface area (Å²) < 4.78 is 14.2. The van der Waals surface area contributed by atoms with Crippen LogP contribution in [0.2, 0.25) is 0 Å². The smallest absolute Gasteiger partial charge is 0.172 e. The fourth-order valence-electron chi connectivity index (χ4n) is 1.49. The van der Waals surface area contributed by atoms with E-state index in [9.17, 15) is 9.50 Å². The van der Waals surface area contributed by atoms with Gasteiger partial charge in [0.2, 0.25) is 0 Å². The first-order valence-corrected chi connectivity index (χ1v) is 4.94. The number of aromatic hydroxyl groups is 1. The Hall–Kier alpha value is -1.09. The maximum atomic E-state index is 13.3. The van der Waals surface area contributed by atoms with Crippen molar-refractivity contribution >= 4 is 21.4 Å². The van der Waals surface area contributed by atoms with Gasteiger partial charge in [-0.15, -0.1) is 0 Å². The van der Waals surface area contributed by atoms with Crippen molar-refractivity contribution in [3.05, 3.63) is 29.6 Å². The van der Waals surface area contributed by atoms with Crippen LogP contribution in [0.25, 0.3) is 10.1 Å². The van der Waals surface area contributed by atoms with Crippen LogP contribution in [-0.2, 0) is 6.42 Å². The maximum absolute atomic E-state index is 13.3. The number of aryl methyl sites for hydroxylation is 1. The highest BCUT2D eigenvalue weighted by molar-refractivity contribution is 7.20. The molecule has 0 amide bonds. The van der Waals surface area contributed by atoms with Gasteiger partial charge in [0.1, 0.15) is 5.82 Å². The Morgan fingerprint density at radius 1 is 1.46 bits per heavy atom. The van der Waals surface area contributed by atoms with Gasteiger partial charge in [-0.05, 0) is 30.2 Å². The molecule has 1 nitrogen and oxygen atoms in total. The van der Waals surface area contributed by atoms with E-state index in [1.165, 1.54) is 17.4 Å². The Balaban J connectivity index is 2.82. The van der Waals surface area contributed by atoms with Gasteiger partial charge in [0.05, 0.1) is 0 Å². The lowest BCUT2D eigenvalue weighted by Gasteiger charge is -1.99. The zero-order chi connectivity index (χ0) is 9.42. The Kier molecular flexibility index (Phi) is 1.96. The van der Waals surface area contributed by atoms with Crippen LogP contribution in [0.5, 0.6) is 5.06 Å². The minimum Gasteiger partial charge on any atom is -0.499 e. The van der Waals surface area contributed by atoms with E-state index in [0.29, 0.717) is 12.0 Å². The van der Waals surface area contributed by atoms with Gasteiger partial charge in [0.15, 0.2) is 5.06 Å². The minimum absolute atomic E-state index is 0.187. The molecule has 0 unspecified atom stereocenters. The molecule has 0 aliphatic heterocycles. The van der Waals surface area contributed by atoms with Crippen molar-refractivity contribution in [3.63, 3.8) is 0 Å². The van der Waals surface area contributed by atoms with Crippen LogP contribution in [0.15, 0.2) is 18.2 Å². The van der Waals surface area contributed by atoms with Crippen molar-refractivity contribution in [1.29, 1.82) is 0 Å². The molecule has 13 heavy (non-hydrogen) atoms. The van der Waals surface area contributed by atoms with E-state index in [1.807, 2.05) is 6.92 Å². The van der Waals surface area contributed by atoms with Gasteiger partial charge in [-0.2, -0.15) is 0 Å². The quantitative estimate of drug-likeness (QED) is 0.741. The van der Waals surface area contributed by atoms with Crippen molar-refractivity contribution < 1.29 is 9.50 Å². The SMILES string of the molecule is CCc1c(F)ccc2sc(O)cc12. The molecule has 0 radical (unpaired) electrons. The molecule has 68 valence electrons. The summed E-state index contributed by atoms with van der Waals surface area (Å²) >= 11 is 1.28. The van der Waals surface area contributed by atoms with Crippen LogP contribution in [0.1, 0.15) is 12.5 Å². The average Bonchev–Trinajstić information content (AvgIpc) is 2.45. The van der Waals surface area contributed by atoms with Crippen LogP contribution in [-0.4, -0.2) is 5.11 Å². The molecule has 3 heteroatoms. The number of hydrogen-bond acceptors (Lipinski definition) is 2. The van der Waals surface area contributed by atoms with E-state index in [1.54, 1.807) is 12.1 Å². The van der Waals surface area contributed by atoms with Gasteiger partial charge in [-0.1, -0.05) is 18.3 Å². The Morgan fingerprint density at radius 3 is 2.92 bits per heavy atom. The van der Waals surface area contributed by atoms with Gasteiger partial charge in [0, 0.05) is 10.1 Å². The van der Waals surface area contributed by atoms with Crippen molar-refractivity contribution in [1.82, 2.24) is 0 Å². The minimum atomic E-state index is -0.187. The molecule has 0 aliphatic rings. The topological polar surface area (TPSA) is 20.2 Å². The molecule has 1 N–H and O–H groups in total. The fourth-order valence-corrected chi connectivity index (χ4v) is 2.32. The zero-order valence-electron chi connectivity index (χ0n) is 7.17. The van der Waals surface area contributed by atoms with Gasteiger partial charge in [-0.25, -0.2) is 4.39 Å². The van der Waals surface area contributed by atoms with Crippen molar-refractivity contribution in [3.8, 4) is 5.06 Å². The molecule has 0 saturated heterocycles. The molecule has 0 bridgehead atoms. The summed E-state index contributed by atoms with van der Waals surface area (Å²) in [4.78, 5) is 0. The van der Waals surface area contributed by atoms with Crippen molar-refractivity contribution in [2.24, 2.45) is 0 Å². The Labute approximate surface area is 79.4 Å². The average molecular weight is 196 g/mol. The third-order valence-corrected chi connectivity index (χ3v) is 3.00. The molecule has 0 fully saturated rings. The third kappa shape index (κ3) is 1.29. The fraction of sp³-hybridized carbons (Fsp3) is 0.200. The van der Waals surface area contributed by atoms with Crippen LogP contribution in [0.4, 0.5) is 4.39 Å². The predicted molar refractivity (Wildman–Crippen MR) is 52.8 cm³/mol. The Morgan fingerprint density at radius 2 is 2.23 bits per heavy atom. The normalized spacial score (nSPS) is 10.9. The van der Waals surface area contributed by atoms with Gasteiger partial charge in [0.25, 0.3) is 0 Å². The first-order chi connectivity index (χ1) is 6.22. The number of hydrogen-bond donors (Lipinski definition) is 1. The molecule has 0 aliphatic carbocycles. The largest absolute Gasteiger partial charge is 0.499 e. The summed E-state index contributed by atoms with van der Waals surface area (Å²) in [5, 5.41) is 10.3. The standard InChI is InChI=1S/C10H9FOS/c1-2-6-7-5-10(12)13-9(7)4-3-8(6)11/h3-5,12H,2H2,1H3. The third-order valence-electron chi connectivity index (χ3n) is 2.10. The summed E-state index contributed by atoms with van der Waals surface area (Å²) in [6.45, 7) is 1.91. The number of halogens is 1. The zero-order valence-corrected chi connectivity index (χ0v) is 7.99. The van der Waals surface area contributed by atoms with Crippen LogP contribution in [0.3, 0.4) is 0 Å². The van der Waals surface area contributed by atoms with E-state index in [-0.39, 0.29) is 10.9 Å². The molecular formula is C10H9FOS. The first kappa shape index (κ1) is 8.51. The number of fused-ring (bicyclic) bond motifs is 1. The molecule has 0 saturated carbocycles. The molecule has 0 spiro atoms. The van der Waals surface area contributed by atoms with Crippen LogP contribution < -0.4 is 0 Å². The summed E-state index contributed by atoms with van der Waals surface area (Å²) in [6, 6.07) is 4.78. The summed E-state index contributed by atoms with van der Waals surface area (Å²) in [5.41, 5.74) is 0.689. The molecule has 2 aromatic rings. The molecule has 0 atom stereocenters. The first-order valence-electron chi connectivity index (χ1n) is 4.12. The lowest BCUT2D eigenvalue weighted by molar-refractivity contribution is 0.491. The lowest BCUT2D eigenvalue weighted by atomic mass is 10.1. The second-order valence-electron chi connectivity index (χ2n) is 2.88. The van der Waals surface area contributed by atoms with Gasteiger partial charge in [-0.3, -0.25) is 0 Å². The molecule has 1 heterocycles. The van der Waals surface area contributed by atoms with E-state index in [2.05, 4.69) is 0 Å². The highest BCUT2D eigenvalue weighted by atomic mass is 32.1. The predicted octanol–water partition coefficient (Wildman–Crippen LogP) is 3.31. The van der Waals surface area contributed by atoms with E-state index in [4.69, 9.17) is 0 Å². The second-order valence-corrected chi connectivity index (χ2v) is 3.94. The highest BCUT2D eigenvalue weighted by Gasteiger charge is 2.08. The molecular weight excluding hydrogens is 187 g/mol. The number of benzene rings is 1. The lowest BCUT2D eigenvalue weighted by Crippen LogP contribution is -1.86. The van der Waals surface area contributed by atoms with Gasteiger partial charge >= 0.3 is 0 Å². The van der Waals surface area contributed by atoms with Crippen molar-refractivity contribution in [2.75, 3.05) is 0 Å². The number of rotatable bonds is 1. The molecule has 1 aromatic heterocycles. The number of thiophene rings is 1. The summed E-state index contributed by atoms with van der Waals surface area (Å²) in [6.07, 6.45) is 0.652.